The third-order valence-corrected chi connectivity index (χ3v) is 3.14. The number of hydrogen-bond acceptors (Lipinski definition) is 5. The van der Waals surface area contributed by atoms with Crippen molar-refractivity contribution in [2.45, 2.75) is 32.9 Å². The van der Waals surface area contributed by atoms with Gasteiger partial charge >= 0.3 is 0 Å². The van der Waals surface area contributed by atoms with Crippen molar-refractivity contribution in [3.05, 3.63) is 28.5 Å². The molecule has 0 saturated carbocycles. The largest absolute Gasteiger partial charge is 0.304 e. The maximum atomic E-state index is 4.38. The summed E-state index contributed by atoms with van der Waals surface area (Å²) in [5.41, 5.74) is 3.98. The van der Waals surface area contributed by atoms with Gasteiger partial charge in [0.2, 0.25) is 0 Å². The first-order valence-corrected chi connectivity index (χ1v) is 6.81. The Kier molecular flexibility index (Phi) is 4.22. The highest BCUT2D eigenvalue weighted by Crippen LogP contribution is 2.21. The SMILES string of the molecule is CCCn1nncc1C(NCC)c1cscn1. The van der Waals surface area contributed by atoms with Crippen LogP contribution in [0, 0.1) is 0 Å². The van der Waals surface area contributed by atoms with Crippen LogP contribution in [0.1, 0.15) is 37.7 Å². The highest BCUT2D eigenvalue weighted by Gasteiger charge is 2.19. The van der Waals surface area contributed by atoms with Crippen molar-refractivity contribution < 1.29 is 0 Å². The Hall–Kier alpha value is -1.27. The summed E-state index contributed by atoms with van der Waals surface area (Å²) in [6.45, 7) is 6.00. The van der Waals surface area contributed by atoms with Crippen molar-refractivity contribution in [3.63, 3.8) is 0 Å². The molecule has 0 bridgehead atoms. The molecule has 5 nitrogen and oxygen atoms in total. The first kappa shape index (κ1) is 12.2. The quantitative estimate of drug-likeness (QED) is 0.851. The van der Waals surface area contributed by atoms with Gasteiger partial charge in [-0.3, -0.25) is 0 Å². The van der Waals surface area contributed by atoms with Crippen LogP contribution in [0.4, 0.5) is 0 Å². The number of rotatable bonds is 6. The lowest BCUT2D eigenvalue weighted by atomic mass is 10.1. The molecule has 0 aliphatic rings. The number of aromatic nitrogens is 4. The zero-order valence-corrected chi connectivity index (χ0v) is 10.9. The number of nitrogens with one attached hydrogen (secondary N) is 1. The van der Waals surface area contributed by atoms with E-state index in [1.54, 1.807) is 11.3 Å². The molecule has 1 N–H and O–H groups in total. The Balaban J connectivity index is 2.29. The summed E-state index contributed by atoms with van der Waals surface area (Å²) in [4.78, 5) is 4.38. The molecule has 0 aliphatic heterocycles. The Morgan fingerprint density at radius 2 is 2.35 bits per heavy atom. The van der Waals surface area contributed by atoms with Crippen LogP contribution >= 0.6 is 11.3 Å². The van der Waals surface area contributed by atoms with E-state index < -0.39 is 0 Å². The van der Waals surface area contributed by atoms with Crippen LogP contribution in [0.5, 0.6) is 0 Å². The molecule has 2 aromatic rings. The summed E-state index contributed by atoms with van der Waals surface area (Å²) < 4.78 is 1.95. The molecule has 0 aromatic carbocycles. The maximum absolute atomic E-state index is 4.38. The zero-order chi connectivity index (χ0) is 12.1. The lowest BCUT2D eigenvalue weighted by Crippen LogP contribution is -2.25. The molecule has 2 aromatic heterocycles. The summed E-state index contributed by atoms with van der Waals surface area (Å²) in [6.07, 6.45) is 2.87. The van der Waals surface area contributed by atoms with E-state index >= 15 is 0 Å². The molecule has 92 valence electrons. The average molecular weight is 251 g/mol. The van der Waals surface area contributed by atoms with Gasteiger partial charge in [-0.2, -0.15) is 0 Å². The van der Waals surface area contributed by atoms with E-state index in [1.165, 1.54) is 0 Å². The van der Waals surface area contributed by atoms with Crippen LogP contribution in [0.25, 0.3) is 0 Å². The van der Waals surface area contributed by atoms with Crippen molar-refractivity contribution in [1.29, 1.82) is 0 Å². The number of thiazole rings is 1. The Morgan fingerprint density at radius 1 is 1.47 bits per heavy atom. The smallest absolute Gasteiger partial charge is 0.0946 e. The van der Waals surface area contributed by atoms with E-state index in [0.29, 0.717) is 0 Å². The standard InChI is InChI=1S/C11H17N5S/c1-3-5-16-10(6-14-15-16)11(12-4-2)9-7-17-8-13-9/h6-8,11-12H,3-5H2,1-2H3. The summed E-state index contributed by atoms with van der Waals surface area (Å²) in [5, 5.41) is 13.6. The highest BCUT2D eigenvalue weighted by molar-refractivity contribution is 7.07. The summed E-state index contributed by atoms with van der Waals surface area (Å²) in [5.74, 6) is 0. The van der Waals surface area contributed by atoms with Gasteiger partial charge in [-0.25, -0.2) is 9.67 Å². The average Bonchev–Trinajstić information content (AvgIpc) is 2.97. The second-order valence-corrected chi connectivity index (χ2v) is 4.50. The molecule has 1 unspecified atom stereocenters. The zero-order valence-electron chi connectivity index (χ0n) is 10.1. The van der Waals surface area contributed by atoms with Crippen LogP contribution in [0.2, 0.25) is 0 Å². The second-order valence-electron chi connectivity index (χ2n) is 3.79. The van der Waals surface area contributed by atoms with E-state index in [4.69, 9.17) is 0 Å². The van der Waals surface area contributed by atoms with Gasteiger partial charge in [0.05, 0.1) is 29.1 Å². The predicted molar refractivity (Wildman–Crippen MR) is 67.9 cm³/mol. The van der Waals surface area contributed by atoms with E-state index in [0.717, 1.165) is 30.9 Å². The molecule has 2 rings (SSSR count). The number of nitrogens with zero attached hydrogens (tertiary/aromatic N) is 4. The molecule has 6 heteroatoms. The normalized spacial score (nSPS) is 12.8. The third kappa shape index (κ3) is 2.70. The van der Waals surface area contributed by atoms with Crippen molar-refractivity contribution in [2.24, 2.45) is 0 Å². The summed E-state index contributed by atoms with van der Waals surface area (Å²) >= 11 is 1.61. The van der Waals surface area contributed by atoms with Crippen LogP contribution in [-0.2, 0) is 6.54 Å². The highest BCUT2D eigenvalue weighted by atomic mass is 32.1. The Labute approximate surface area is 105 Å². The molecule has 1 atom stereocenters. The van der Waals surface area contributed by atoms with Gasteiger partial charge in [0.1, 0.15) is 0 Å². The van der Waals surface area contributed by atoms with Gasteiger partial charge in [-0.1, -0.05) is 19.1 Å². The number of hydrogen-bond donors (Lipinski definition) is 1. The molecule has 0 aliphatic carbocycles. The minimum absolute atomic E-state index is 0.0906. The fraction of sp³-hybridized carbons (Fsp3) is 0.545. The fourth-order valence-electron chi connectivity index (χ4n) is 1.80. The van der Waals surface area contributed by atoms with Crippen LogP contribution in [0.3, 0.4) is 0 Å². The van der Waals surface area contributed by atoms with Gasteiger partial charge < -0.3 is 5.32 Å². The van der Waals surface area contributed by atoms with Crippen molar-refractivity contribution in [2.75, 3.05) is 6.54 Å². The molecule has 0 radical (unpaired) electrons. The van der Waals surface area contributed by atoms with Crippen LogP contribution in [-0.4, -0.2) is 26.5 Å². The third-order valence-electron chi connectivity index (χ3n) is 2.53. The molecule has 17 heavy (non-hydrogen) atoms. The first-order valence-electron chi connectivity index (χ1n) is 5.86. The van der Waals surface area contributed by atoms with Crippen molar-refractivity contribution in [1.82, 2.24) is 25.3 Å². The first-order chi connectivity index (χ1) is 8.36. The minimum atomic E-state index is 0.0906. The van der Waals surface area contributed by atoms with Crippen LogP contribution < -0.4 is 5.32 Å². The Morgan fingerprint density at radius 3 is 3.00 bits per heavy atom. The van der Waals surface area contributed by atoms with Crippen molar-refractivity contribution in [3.8, 4) is 0 Å². The fourth-order valence-corrected chi connectivity index (χ4v) is 2.38. The van der Waals surface area contributed by atoms with Gasteiger partial charge in [-0.05, 0) is 13.0 Å². The van der Waals surface area contributed by atoms with Gasteiger partial charge in [-0.15, -0.1) is 16.4 Å². The molecule has 2 heterocycles. The van der Waals surface area contributed by atoms with E-state index in [9.17, 15) is 0 Å². The molecule has 0 amide bonds. The lowest BCUT2D eigenvalue weighted by molar-refractivity contribution is 0.507. The summed E-state index contributed by atoms with van der Waals surface area (Å²) in [6, 6.07) is 0.0906. The minimum Gasteiger partial charge on any atom is -0.304 e. The second kappa shape index (κ2) is 5.88. The monoisotopic (exact) mass is 251 g/mol. The molecule has 0 spiro atoms. The molecular formula is C11H17N5S. The van der Waals surface area contributed by atoms with E-state index in [-0.39, 0.29) is 6.04 Å². The summed E-state index contributed by atoms with van der Waals surface area (Å²) in [7, 11) is 0. The van der Waals surface area contributed by atoms with Gasteiger partial charge in [0.15, 0.2) is 0 Å². The maximum Gasteiger partial charge on any atom is 0.0946 e. The lowest BCUT2D eigenvalue weighted by Gasteiger charge is -2.16. The topological polar surface area (TPSA) is 55.6 Å². The van der Waals surface area contributed by atoms with Gasteiger partial charge in [0, 0.05) is 11.9 Å². The molecule has 0 fully saturated rings. The predicted octanol–water partition coefficient (Wildman–Crippen LogP) is 1.84. The molecule has 0 saturated heterocycles. The van der Waals surface area contributed by atoms with Gasteiger partial charge in [0.25, 0.3) is 0 Å². The Bertz CT molecular complexity index is 436. The van der Waals surface area contributed by atoms with Crippen molar-refractivity contribution >= 4 is 11.3 Å². The van der Waals surface area contributed by atoms with E-state index in [1.807, 2.05) is 16.4 Å². The number of aryl methyl sites for hydroxylation is 1. The van der Waals surface area contributed by atoms with Crippen LogP contribution in [0.15, 0.2) is 17.1 Å². The van der Waals surface area contributed by atoms with E-state index in [2.05, 4.69) is 39.8 Å². The molecular weight excluding hydrogens is 234 g/mol.